The highest BCUT2D eigenvalue weighted by Crippen LogP contribution is 2.40. The van der Waals surface area contributed by atoms with Crippen LogP contribution in [0.5, 0.6) is 11.5 Å². The van der Waals surface area contributed by atoms with Crippen LogP contribution in [0.25, 0.3) is 0 Å². The van der Waals surface area contributed by atoms with E-state index in [-0.39, 0.29) is 0 Å². The molecule has 0 spiro atoms. The molecule has 1 aliphatic heterocycles. The summed E-state index contributed by atoms with van der Waals surface area (Å²) in [5, 5.41) is 2.46. The maximum Gasteiger partial charge on any atom is 0.246 e. The molecule has 1 aliphatic rings. The van der Waals surface area contributed by atoms with Crippen LogP contribution in [0.2, 0.25) is 0 Å². The standard InChI is InChI=1S/C17H16F2N2O5S/c1-17(2)25-13-7-6-10(8-14(13)26-17)21-15(22)9-20-27(23,24)16-11(18)4-3-5-12(16)19/h3-8,20H,9H2,1-2H3,(H,21,22). The lowest BCUT2D eigenvalue weighted by atomic mass is 10.3. The molecular formula is C17H16F2N2O5S. The van der Waals surface area contributed by atoms with Crippen molar-refractivity contribution in [1.29, 1.82) is 0 Å². The van der Waals surface area contributed by atoms with Gasteiger partial charge in [0.1, 0.15) is 11.6 Å². The van der Waals surface area contributed by atoms with Gasteiger partial charge in [0, 0.05) is 25.6 Å². The molecule has 0 bridgehead atoms. The molecule has 2 aromatic rings. The van der Waals surface area contributed by atoms with Gasteiger partial charge in [-0.05, 0) is 24.3 Å². The Hall–Kier alpha value is -2.72. The SMILES string of the molecule is CC1(C)Oc2ccc(NC(=O)CNS(=O)(=O)c3c(F)cccc3F)cc2O1. The van der Waals surface area contributed by atoms with Crippen LogP contribution in [-0.2, 0) is 14.8 Å². The first kappa shape index (κ1) is 19.1. The summed E-state index contributed by atoms with van der Waals surface area (Å²) in [6.07, 6.45) is 0. The van der Waals surface area contributed by atoms with Gasteiger partial charge in [0.2, 0.25) is 21.7 Å². The molecule has 2 N–H and O–H groups in total. The first-order valence-electron chi connectivity index (χ1n) is 7.83. The molecule has 0 saturated carbocycles. The van der Waals surface area contributed by atoms with E-state index in [0.29, 0.717) is 17.2 Å². The van der Waals surface area contributed by atoms with E-state index in [0.717, 1.165) is 18.2 Å². The molecule has 0 aliphatic carbocycles. The zero-order chi connectivity index (χ0) is 19.8. The van der Waals surface area contributed by atoms with Crippen molar-refractivity contribution in [2.24, 2.45) is 0 Å². The van der Waals surface area contributed by atoms with Crippen LogP contribution < -0.4 is 19.5 Å². The number of benzene rings is 2. The monoisotopic (exact) mass is 398 g/mol. The van der Waals surface area contributed by atoms with Gasteiger partial charge in [-0.15, -0.1) is 0 Å². The molecule has 0 fully saturated rings. The van der Waals surface area contributed by atoms with Crippen molar-refractivity contribution in [3.63, 3.8) is 0 Å². The van der Waals surface area contributed by atoms with Crippen molar-refractivity contribution in [2.75, 3.05) is 11.9 Å². The van der Waals surface area contributed by atoms with Crippen LogP contribution in [-0.4, -0.2) is 26.7 Å². The van der Waals surface area contributed by atoms with Crippen molar-refractivity contribution in [3.8, 4) is 11.5 Å². The third kappa shape index (κ3) is 4.17. The summed E-state index contributed by atoms with van der Waals surface area (Å²) < 4.78 is 64.3. The lowest BCUT2D eigenvalue weighted by molar-refractivity contribution is -0.115. The fourth-order valence-electron chi connectivity index (χ4n) is 2.48. The molecular weight excluding hydrogens is 382 g/mol. The fraction of sp³-hybridized carbons (Fsp3) is 0.235. The Bertz CT molecular complexity index is 988. The molecule has 3 rings (SSSR count). The first-order valence-corrected chi connectivity index (χ1v) is 9.31. The van der Waals surface area contributed by atoms with E-state index in [1.165, 1.54) is 6.07 Å². The summed E-state index contributed by atoms with van der Waals surface area (Å²) in [5.41, 5.74) is 0.344. The number of nitrogens with one attached hydrogen (secondary N) is 2. The Balaban J connectivity index is 1.66. The number of fused-ring (bicyclic) bond motifs is 1. The maximum atomic E-state index is 13.6. The third-order valence-electron chi connectivity index (χ3n) is 3.55. The Morgan fingerprint density at radius 3 is 2.37 bits per heavy atom. The predicted molar refractivity (Wildman–Crippen MR) is 92.0 cm³/mol. The molecule has 144 valence electrons. The van der Waals surface area contributed by atoms with E-state index in [9.17, 15) is 22.0 Å². The Kier molecular flexibility index (Phi) is 4.79. The minimum absolute atomic E-state index is 0.344. The number of carbonyl (C=O) groups is 1. The average Bonchev–Trinajstić information content (AvgIpc) is 2.86. The molecule has 0 atom stereocenters. The van der Waals surface area contributed by atoms with Crippen LogP contribution in [0.15, 0.2) is 41.3 Å². The van der Waals surface area contributed by atoms with E-state index in [1.54, 1.807) is 26.0 Å². The number of hydrogen-bond donors (Lipinski definition) is 2. The minimum atomic E-state index is -4.54. The number of ether oxygens (including phenoxy) is 2. The minimum Gasteiger partial charge on any atom is -0.449 e. The average molecular weight is 398 g/mol. The summed E-state index contributed by atoms with van der Waals surface area (Å²) in [7, 11) is -4.54. The second-order valence-corrected chi connectivity index (χ2v) is 7.89. The van der Waals surface area contributed by atoms with E-state index in [4.69, 9.17) is 9.47 Å². The highest BCUT2D eigenvalue weighted by molar-refractivity contribution is 7.89. The Morgan fingerprint density at radius 2 is 1.70 bits per heavy atom. The van der Waals surface area contributed by atoms with E-state index in [1.807, 2.05) is 4.72 Å². The van der Waals surface area contributed by atoms with Crippen molar-refractivity contribution in [3.05, 3.63) is 48.0 Å². The Labute approximate surface area is 154 Å². The van der Waals surface area contributed by atoms with Crippen molar-refractivity contribution >= 4 is 21.6 Å². The molecule has 0 saturated heterocycles. The molecule has 2 aromatic carbocycles. The highest BCUT2D eigenvalue weighted by Gasteiger charge is 2.31. The largest absolute Gasteiger partial charge is 0.449 e. The zero-order valence-electron chi connectivity index (χ0n) is 14.4. The summed E-state index contributed by atoms with van der Waals surface area (Å²) in [6, 6.07) is 7.33. The predicted octanol–water partition coefficient (Wildman–Crippen LogP) is 2.39. The summed E-state index contributed by atoms with van der Waals surface area (Å²) >= 11 is 0. The van der Waals surface area contributed by atoms with E-state index in [2.05, 4.69) is 5.32 Å². The normalized spacial score (nSPS) is 14.8. The van der Waals surface area contributed by atoms with E-state index >= 15 is 0 Å². The second kappa shape index (κ2) is 6.78. The topological polar surface area (TPSA) is 93.7 Å². The van der Waals surface area contributed by atoms with Gasteiger partial charge in [-0.2, -0.15) is 0 Å². The van der Waals surface area contributed by atoms with E-state index < -0.39 is 44.8 Å². The van der Waals surface area contributed by atoms with Crippen LogP contribution in [0.4, 0.5) is 14.5 Å². The molecule has 0 radical (unpaired) electrons. The number of amides is 1. The van der Waals surface area contributed by atoms with Crippen LogP contribution >= 0.6 is 0 Å². The number of rotatable bonds is 5. The zero-order valence-corrected chi connectivity index (χ0v) is 15.2. The van der Waals surface area contributed by atoms with Gasteiger partial charge >= 0.3 is 0 Å². The molecule has 27 heavy (non-hydrogen) atoms. The molecule has 1 heterocycles. The number of halogens is 2. The van der Waals surface area contributed by atoms with Crippen molar-refractivity contribution in [1.82, 2.24) is 4.72 Å². The number of carbonyl (C=O) groups excluding carboxylic acids is 1. The smallest absolute Gasteiger partial charge is 0.246 e. The first-order chi connectivity index (χ1) is 12.6. The maximum absolute atomic E-state index is 13.6. The molecule has 7 nitrogen and oxygen atoms in total. The van der Waals surface area contributed by atoms with Gasteiger partial charge in [-0.25, -0.2) is 21.9 Å². The van der Waals surface area contributed by atoms with Crippen molar-refractivity contribution < 1.29 is 31.5 Å². The number of hydrogen-bond acceptors (Lipinski definition) is 5. The Morgan fingerprint density at radius 1 is 1.07 bits per heavy atom. The molecule has 0 aromatic heterocycles. The summed E-state index contributed by atoms with van der Waals surface area (Å²) in [6.45, 7) is 2.74. The van der Waals surface area contributed by atoms with Crippen LogP contribution in [0.3, 0.4) is 0 Å². The number of sulfonamides is 1. The van der Waals surface area contributed by atoms with Crippen LogP contribution in [0, 0.1) is 11.6 Å². The second-order valence-electron chi connectivity index (χ2n) is 6.19. The van der Waals surface area contributed by atoms with Gasteiger partial charge in [0.15, 0.2) is 16.4 Å². The van der Waals surface area contributed by atoms with Gasteiger partial charge in [-0.3, -0.25) is 4.79 Å². The molecule has 10 heteroatoms. The van der Waals surface area contributed by atoms with Gasteiger partial charge in [0.05, 0.1) is 6.54 Å². The van der Waals surface area contributed by atoms with Crippen LogP contribution in [0.1, 0.15) is 13.8 Å². The molecule has 0 unspecified atom stereocenters. The lowest BCUT2D eigenvalue weighted by Crippen LogP contribution is -2.33. The van der Waals surface area contributed by atoms with Gasteiger partial charge in [0.25, 0.3) is 0 Å². The van der Waals surface area contributed by atoms with Gasteiger partial charge in [-0.1, -0.05) is 6.07 Å². The quantitative estimate of drug-likeness (QED) is 0.807. The lowest BCUT2D eigenvalue weighted by Gasteiger charge is -2.16. The van der Waals surface area contributed by atoms with Crippen molar-refractivity contribution in [2.45, 2.75) is 24.5 Å². The fourth-order valence-corrected chi connectivity index (χ4v) is 3.59. The van der Waals surface area contributed by atoms with Gasteiger partial charge < -0.3 is 14.8 Å². The summed E-state index contributed by atoms with van der Waals surface area (Å²) in [5.74, 6) is -3.12. The highest BCUT2D eigenvalue weighted by atomic mass is 32.2. The number of anilines is 1. The summed E-state index contributed by atoms with van der Waals surface area (Å²) in [4.78, 5) is 10.9. The third-order valence-corrected chi connectivity index (χ3v) is 5.00. The molecule has 1 amide bonds.